The van der Waals surface area contributed by atoms with Crippen molar-refractivity contribution in [2.75, 3.05) is 13.1 Å². The Morgan fingerprint density at radius 1 is 1.18 bits per heavy atom. The Labute approximate surface area is 199 Å². The molecule has 5 nitrogen and oxygen atoms in total. The highest BCUT2D eigenvalue weighted by molar-refractivity contribution is 6.30. The van der Waals surface area contributed by atoms with Gasteiger partial charge < -0.3 is 5.11 Å². The molecule has 170 valence electrons. The molecule has 2 aliphatic rings. The Balaban J connectivity index is 1.24. The van der Waals surface area contributed by atoms with E-state index in [9.17, 15) is 4.79 Å². The van der Waals surface area contributed by atoms with Gasteiger partial charge in [-0.15, -0.1) is 0 Å². The molecule has 1 fully saturated rings. The van der Waals surface area contributed by atoms with Gasteiger partial charge in [0.15, 0.2) is 5.82 Å². The largest absolute Gasteiger partial charge is 0.481 e. The van der Waals surface area contributed by atoms with E-state index in [1.54, 1.807) is 0 Å². The number of rotatable bonds is 7. The van der Waals surface area contributed by atoms with Crippen LogP contribution in [0.4, 0.5) is 0 Å². The summed E-state index contributed by atoms with van der Waals surface area (Å²) in [5, 5.41) is 9.79. The molecular weight excluding hydrogens is 434 g/mol. The van der Waals surface area contributed by atoms with Crippen molar-refractivity contribution in [1.29, 1.82) is 0 Å². The molecule has 1 aliphatic heterocycles. The fourth-order valence-corrected chi connectivity index (χ4v) is 5.22. The molecule has 1 aliphatic carbocycles. The molecule has 0 bridgehead atoms. The number of carboxylic acid groups (broad SMARTS) is 1. The van der Waals surface area contributed by atoms with Gasteiger partial charge in [-0.3, -0.25) is 9.69 Å². The monoisotopic (exact) mass is 461 g/mol. The van der Waals surface area contributed by atoms with Gasteiger partial charge in [0.2, 0.25) is 0 Å². The van der Waals surface area contributed by atoms with E-state index >= 15 is 0 Å². The summed E-state index contributed by atoms with van der Waals surface area (Å²) < 4.78 is 0. The highest BCUT2D eigenvalue weighted by atomic mass is 35.5. The molecular formula is C27H28ClN3O2. The summed E-state index contributed by atoms with van der Waals surface area (Å²) in [6, 6.07) is 16.9. The van der Waals surface area contributed by atoms with Crippen molar-refractivity contribution >= 4 is 17.6 Å². The second kappa shape index (κ2) is 9.24. The molecule has 2 heterocycles. The SMILES string of the molecule is CC(CC(=O)O)CN1CCc2nc(-c3ccc(C4CC4c4cccc(Cl)c4)cc3)ncc2C1. The van der Waals surface area contributed by atoms with Crippen molar-refractivity contribution in [1.82, 2.24) is 14.9 Å². The zero-order valence-corrected chi connectivity index (χ0v) is 19.5. The second-order valence-electron chi connectivity index (χ2n) is 9.48. The molecule has 3 atom stereocenters. The molecule has 1 aromatic heterocycles. The van der Waals surface area contributed by atoms with Crippen LogP contribution >= 0.6 is 11.6 Å². The van der Waals surface area contributed by atoms with E-state index in [1.165, 1.54) is 11.1 Å². The van der Waals surface area contributed by atoms with E-state index in [-0.39, 0.29) is 12.3 Å². The van der Waals surface area contributed by atoms with Gasteiger partial charge in [0.1, 0.15) is 0 Å². The lowest BCUT2D eigenvalue weighted by Gasteiger charge is -2.29. The molecule has 0 radical (unpaired) electrons. The summed E-state index contributed by atoms with van der Waals surface area (Å²) in [5.41, 5.74) is 5.97. The van der Waals surface area contributed by atoms with Gasteiger partial charge in [-0.2, -0.15) is 0 Å². The minimum Gasteiger partial charge on any atom is -0.481 e. The number of hydrogen-bond donors (Lipinski definition) is 1. The molecule has 6 heteroatoms. The van der Waals surface area contributed by atoms with Crippen molar-refractivity contribution in [3.63, 3.8) is 0 Å². The van der Waals surface area contributed by atoms with E-state index in [0.717, 1.165) is 60.1 Å². The molecule has 0 saturated heterocycles. The first kappa shape index (κ1) is 22.1. The number of benzene rings is 2. The van der Waals surface area contributed by atoms with Gasteiger partial charge in [-0.05, 0) is 47.4 Å². The van der Waals surface area contributed by atoms with Crippen LogP contribution in [0.3, 0.4) is 0 Å². The highest BCUT2D eigenvalue weighted by Gasteiger charge is 2.39. The normalized spacial score (nSPS) is 20.8. The van der Waals surface area contributed by atoms with Crippen molar-refractivity contribution in [2.24, 2.45) is 5.92 Å². The Bertz CT molecular complexity index is 1160. The van der Waals surface area contributed by atoms with Crippen molar-refractivity contribution < 1.29 is 9.90 Å². The minimum atomic E-state index is -0.736. The van der Waals surface area contributed by atoms with Crippen LogP contribution in [-0.2, 0) is 17.8 Å². The molecule has 1 N–H and O–H groups in total. The average molecular weight is 462 g/mol. The lowest BCUT2D eigenvalue weighted by Crippen LogP contribution is -2.35. The number of fused-ring (bicyclic) bond motifs is 1. The van der Waals surface area contributed by atoms with E-state index in [1.807, 2.05) is 25.3 Å². The maximum atomic E-state index is 10.9. The van der Waals surface area contributed by atoms with E-state index in [4.69, 9.17) is 21.7 Å². The zero-order chi connectivity index (χ0) is 22.9. The fraction of sp³-hybridized carbons (Fsp3) is 0.370. The third-order valence-corrected chi connectivity index (χ3v) is 7.01. The van der Waals surface area contributed by atoms with E-state index in [2.05, 4.69) is 46.3 Å². The smallest absolute Gasteiger partial charge is 0.303 e. The lowest BCUT2D eigenvalue weighted by molar-refractivity contribution is -0.138. The Morgan fingerprint density at radius 3 is 2.73 bits per heavy atom. The van der Waals surface area contributed by atoms with Gasteiger partial charge in [-0.25, -0.2) is 9.97 Å². The topological polar surface area (TPSA) is 66.3 Å². The summed E-state index contributed by atoms with van der Waals surface area (Å²) in [5.74, 6) is 1.27. The average Bonchev–Trinajstić information content (AvgIpc) is 3.59. The van der Waals surface area contributed by atoms with Gasteiger partial charge in [0.25, 0.3) is 0 Å². The van der Waals surface area contributed by atoms with Crippen LogP contribution in [0.5, 0.6) is 0 Å². The van der Waals surface area contributed by atoms with E-state index in [0.29, 0.717) is 11.8 Å². The van der Waals surface area contributed by atoms with Crippen molar-refractivity contribution in [3.8, 4) is 11.4 Å². The van der Waals surface area contributed by atoms with Gasteiger partial charge >= 0.3 is 5.97 Å². The lowest BCUT2D eigenvalue weighted by atomic mass is 10.0. The summed E-state index contributed by atoms with van der Waals surface area (Å²) >= 11 is 6.16. The maximum absolute atomic E-state index is 10.9. The predicted molar refractivity (Wildman–Crippen MR) is 129 cm³/mol. The minimum absolute atomic E-state index is 0.132. The summed E-state index contributed by atoms with van der Waals surface area (Å²) in [6.45, 7) is 4.46. The molecule has 5 rings (SSSR count). The van der Waals surface area contributed by atoms with Crippen LogP contribution < -0.4 is 0 Å². The van der Waals surface area contributed by atoms with Gasteiger partial charge in [0.05, 0.1) is 5.69 Å². The first-order valence-electron chi connectivity index (χ1n) is 11.6. The molecule has 2 aromatic carbocycles. The van der Waals surface area contributed by atoms with E-state index < -0.39 is 5.97 Å². The Morgan fingerprint density at radius 2 is 1.97 bits per heavy atom. The fourth-order valence-electron chi connectivity index (χ4n) is 5.02. The summed E-state index contributed by atoms with van der Waals surface area (Å²) in [4.78, 5) is 22.7. The number of nitrogens with zero attached hydrogens (tertiary/aromatic N) is 3. The van der Waals surface area contributed by atoms with Crippen LogP contribution in [0, 0.1) is 5.92 Å². The third kappa shape index (κ3) is 5.10. The summed E-state index contributed by atoms with van der Waals surface area (Å²) in [6.07, 6.45) is 4.17. The first-order valence-corrected chi connectivity index (χ1v) is 12.0. The molecule has 33 heavy (non-hydrogen) atoms. The number of carbonyl (C=O) groups is 1. The van der Waals surface area contributed by atoms with Crippen LogP contribution in [0.2, 0.25) is 5.02 Å². The molecule has 0 amide bonds. The zero-order valence-electron chi connectivity index (χ0n) is 18.7. The standard InChI is InChI=1S/C27H28ClN3O2/c1-17(11-26(32)33)15-31-10-9-25-21(16-31)14-29-27(30-25)19-7-5-18(6-8-19)23-13-24(23)20-3-2-4-22(28)12-20/h2-8,12,14,17,23-24H,9-11,13,15-16H2,1H3,(H,32,33). The summed E-state index contributed by atoms with van der Waals surface area (Å²) in [7, 11) is 0. The van der Waals surface area contributed by atoms with Crippen molar-refractivity contribution in [2.45, 2.75) is 44.6 Å². The van der Waals surface area contributed by atoms with Crippen LogP contribution in [0.25, 0.3) is 11.4 Å². The molecule has 0 spiro atoms. The van der Waals surface area contributed by atoms with Crippen molar-refractivity contribution in [3.05, 3.63) is 82.1 Å². The molecule has 3 unspecified atom stereocenters. The third-order valence-electron chi connectivity index (χ3n) is 6.77. The number of aliphatic carboxylic acids is 1. The maximum Gasteiger partial charge on any atom is 0.303 e. The number of carboxylic acids is 1. The van der Waals surface area contributed by atoms with Crippen LogP contribution in [0.1, 0.15) is 54.0 Å². The van der Waals surface area contributed by atoms with Gasteiger partial charge in [-0.1, -0.05) is 54.9 Å². The molecule has 1 saturated carbocycles. The van der Waals surface area contributed by atoms with Crippen LogP contribution in [0.15, 0.2) is 54.7 Å². The first-order chi connectivity index (χ1) is 16.0. The predicted octanol–water partition coefficient (Wildman–Crippen LogP) is 5.54. The van der Waals surface area contributed by atoms with Crippen LogP contribution in [-0.4, -0.2) is 39.0 Å². The number of halogens is 1. The van der Waals surface area contributed by atoms with Gasteiger partial charge in [0, 0.05) is 54.8 Å². The number of aromatic nitrogens is 2. The Kier molecular flexibility index (Phi) is 6.17. The highest BCUT2D eigenvalue weighted by Crippen LogP contribution is 2.54. The second-order valence-corrected chi connectivity index (χ2v) is 9.92. The molecule has 3 aromatic rings. The number of hydrogen-bond acceptors (Lipinski definition) is 4. The quantitative estimate of drug-likeness (QED) is 0.500. The Hall–Kier alpha value is -2.76.